The van der Waals surface area contributed by atoms with E-state index in [9.17, 15) is 9.59 Å². The molecule has 1 rings (SSSR count). The average molecular weight is 308 g/mol. The van der Waals surface area contributed by atoms with E-state index in [2.05, 4.69) is 9.64 Å². The molecule has 1 fully saturated rings. The van der Waals surface area contributed by atoms with Crippen molar-refractivity contribution in [3.8, 4) is 0 Å². The molecule has 0 amide bonds. The van der Waals surface area contributed by atoms with E-state index in [1.54, 1.807) is 6.92 Å². The fourth-order valence-electron chi connectivity index (χ4n) is 1.66. The molecular formula is C13H22ClNO5. The van der Waals surface area contributed by atoms with Crippen molar-refractivity contribution < 1.29 is 23.8 Å². The Morgan fingerprint density at radius 3 is 2.35 bits per heavy atom. The van der Waals surface area contributed by atoms with Crippen molar-refractivity contribution in [3.63, 3.8) is 0 Å². The zero-order valence-corrected chi connectivity index (χ0v) is 12.5. The van der Waals surface area contributed by atoms with E-state index in [0.717, 1.165) is 51.4 Å². The summed E-state index contributed by atoms with van der Waals surface area (Å²) in [5, 5.41) is 0. The maximum Gasteiger partial charge on any atom is 0.331 e. The summed E-state index contributed by atoms with van der Waals surface area (Å²) in [6.45, 7) is 6.62. The van der Waals surface area contributed by atoms with Gasteiger partial charge < -0.3 is 14.2 Å². The number of esters is 2. The standard InChI is InChI=1S/C13H21NO5.ClH/c1-2-18-12(15)4-5-13(16)19-9-3-6-14-7-10-17-11-8-14;/h4-5H,2-3,6-11H2,1H3;1H/b5-4+;. The zero-order valence-electron chi connectivity index (χ0n) is 11.7. The second-order valence-corrected chi connectivity index (χ2v) is 4.06. The van der Waals surface area contributed by atoms with Gasteiger partial charge in [-0.3, -0.25) is 4.90 Å². The molecule has 0 aliphatic carbocycles. The normalized spacial score (nSPS) is 15.7. The molecule has 0 aromatic heterocycles. The SMILES string of the molecule is CCOC(=O)/C=C/C(=O)OCCCN1CCOCC1.Cl. The van der Waals surface area contributed by atoms with Crippen LogP contribution in [0.15, 0.2) is 12.2 Å². The van der Waals surface area contributed by atoms with Crippen LogP contribution in [0.3, 0.4) is 0 Å². The molecule has 0 aromatic rings. The molecule has 0 unspecified atom stereocenters. The highest BCUT2D eigenvalue weighted by Gasteiger charge is 2.09. The second kappa shape index (κ2) is 11.7. The van der Waals surface area contributed by atoms with Gasteiger partial charge in [0.25, 0.3) is 0 Å². The Bertz CT molecular complexity index is 316. The summed E-state index contributed by atoms with van der Waals surface area (Å²) in [4.78, 5) is 24.5. The monoisotopic (exact) mass is 307 g/mol. The average Bonchev–Trinajstić information content (AvgIpc) is 2.43. The molecule has 0 radical (unpaired) electrons. The van der Waals surface area contributed by atoms with Crippen molar-refractivity contribution in [1.82, 2.24) is 4.90 Å². The Morgan fingerprint density at radius 1 is 1.15 bits per heavy atom. The lowest BCUT2D eigenvalue weighted by Crippen LogP contribution is -2.37. The minimum Gasteiger partial charge on any atom is -0.463 e. The Hall–Kier alpha value is -1.11. The molecule has 1 aliphatic heterocycles. The molecule has 0 N–H and O–H groups in total. The van der Waals surface area contributed by atoms with Crippen molar-refractivity contribution in [2.24, 2.45) is 0 Å². The summed E-state index contributed by atoms with van der Waals surface area (Å²) in [7, 11) is 0. The van der Waals surface area contributed by atoms with Crippen molar-refractivity contribution in [1.29, 1.82) is 0 Å². The van der Waals surface area contributed by atoms with Gasteiger partial charge in [0.05, 0.1) is 26.4 Å². The first kappa shape index (κ1) is 18.9. The third kappa shape index (κ3) is 8.90. The van der Waals surface area contributed by atoms with Crippen LogP contribution in [0, 0.1) is 0 Å². The van der Waals surface area contributed by atoms with Gasteiger partial charge in [-0.25, -0.2) is 9.59 Å². The van der Waals surface area contributed by atoms with Crippen molar-refractivity contribution in [2.75, 3.05) is 46.1 Å². The summed E-state index contributed by atoms with van der Waals surface area (Å²) in [6.07, 6.45) is 2.94. The Kier molecular flexibility index (Phi) is 11.0. The quantitative estimate of drug-likeness (QED) is 0.394. The molecule has 0 atom stereocenters. The molecule has 116 valence electrons. The number of rotatable bonds is 7. The summed E-state index contributed by atoms with van der Waals surface area (Å²) in [6, 6.07) is 0. The van der Waals surface area contributed by atoms with Gasteiger partial charge >= 0.3 is 11.9 Å². The summed E-state index contributed by atoms with van der Waals surface area (Å²) >= 11 is 0. The topological polar surface area (TPSA) is 65.1 Å². The van der Waals surface area contributed by atoms with Crippen LogP contribution in [-0.4, -0.2) is 62.9 Å². The predicted octanol–water partition coefficient (Wildman–Crippen LogP) is 0.793. The van der Waals surface area contributed by atoms with Crippen molar-refractivity contribution in [2.45, 2.75) is 13.3 Å². The van der Waals surface area contributed by atoms with E-state index in [4.69, 9.17) is 9.47 Å². The number of hydrogen-bond acceptors (Lipinski definition) is 6. The van der Waals surface area contributed by atoms with E-state index in [0.29, 0.717) is 6.61 Å². The molecule has 0 saturated carbocycles. The van der Waals surface area contributed by atoms with Crippen LogP contribution < -0.4 is 0 Å². The number of morpholine rings is 1. The van der Waals surface area contributed by atoms with Crippen LogP contribution in [0.25, 0.3) is 0 Å². The largest absolute Gasteiger partial charge is 0.463 e. The fourth-order valence-corrected chi connectivity index (χ4v) is 1.66. The molecule has 20 heavy (non-hydrogen) atoms. The minimum absolute atomic E-state index is 0. The van der Waals surface area contributed by atoms with E-state index >= 15 is 0 Å². The van der Waals surface area contributed by atoms with Gasteiger partial charge in [0, 0.05) is 31.8 Å². The molecule has 1 heterocycles. The van der Waals surface area contributed by atoms with Gasteiger partial charge in [-0.2, -0.15) is 0 Å². The van der Waals surface area contributed by atoms with Gasteiger partial charge in [0.1, 0.15) is 0 Å². The van der Waals surface area contributed by atoms with Crippen LogP contribution in [0.2, 0.25) is 0 Å². The maximum atomic E-state index is 11.3. The van der Waals surface area contributed by atoms with Gasteiger partial charge in [-0.15, -0.1) is 12.4 Å². The highest BCUT2D eigenvalue weighted by molar-refractivity contribution is 5.91. The third-order valence-electron chi connectivity index (χ3n) is 2.61. The fraction of sp³-hybridized carbons (Fsp3) is 0.692. The van der Waals surface area contributed by atoms with Gasteiger partial charge in [-0.05, 0) is 13.3 Å². The van der Waals surface area contributed by atoms with Crippen LogP contribution in [0.1, 0.15) is 13.3 Å². The number of carbonyl (C=O) groups excluding carboxylic acids is 2. The van der Waals surface area contributed by atoms with E-state index in [1.807, 2.05) is 0 Å². The van der Waals surface area contributed by atoms with Crippen LogP contribution >= 0.6 is 12.4 Å². The first-order chi connectivity index (χ1) is 9.22. The molecule has 1 saturated heterocycles. The van der Waals surface area contributed by atoms with Crippen molar-refractivity contribution in [3.05, 3.63) is 12.2 Å². The summed E-state index contributed by atoms with van der Waals surface area (Å²) in [5.41, 5.74) is 0. The summed E-state index contributed by atoms with van der Waals surface area (Å²) < 4.78 is 14.9. The molecule has 0 spiro atoms. The Labute approximate surface area is 125 Å². The second-order valence-electron chi connectivity index (χ2n) is 4.06. The lowest BCUT2D eigenvalue weighted by Gasteiger charge is -2.26. The maximum absolute atomic E-state index is 11.3. The number of halogens is 1. The number of hydrogen-bond donors (Lipinski definition) is 0. The first-order valence-electron chi connectivity index (χ1n) is 6.54. The van der Waals surface area contributed by atoms with E-state index in [1.165, 1.54) is 0 Å². The number of ether oxygens (including phenoxy) is 3. The van der Waals surface area contributed by atoms with Crippen LogP contribution in [-0.2, 0) is 23.8 Å². The minimum atomic E-state index is -0.534. The molecule has 6 nitrogen and oxygen atoms in total. The molecule has 1 aliphatic rings. The zero-order chi connectivity index (χ0) is 13.9. The molecular weight excluding hydrogens is 286 g/mol. The lowest BCUT2D eigenvalue weighted by atomic mass is 10.3. The van der Waals surface area contributed by atoms with Gasteiger partial charge in [-0.1, -0.05) is 0 Å². The number of nitrogens with zero attached hydrogens (tertiary/aromatic N) is 1. The summed E-state index contributed by atoms with van der Waals surface area (Å²) in [5.74, 6) is -1.05. The number of carbonyl (C=O) groups is 2. The molecule has 0 aromatic carbocycles. The van der Waals surface area contributed by atoms with Crippen LogP contribution in [0.5, 0.6) is 0 Å². The van der Waals surface area contributed by atoms with Crippen molar-refractivity contribution >= 4 is 24.3 Å². The van der Waals surface area contributed by atoms with E-state index < -0.39 is 11.9 Å². The molecule has 7 heteroatoms. The first-order valence-corrected chi connectivity index (χ1v) is 6.54. The Morgan fingerprint density at radius 2 is 1.75 bits per heavy atom. The third-order valence-corrected chi connectivity index (χ3v) is 2.61. The predicted molar refractivity (Wildman–Crippen MR) is 75.9 cm³/mol. The highest BCUT2D eigenvalue weighted by Crippen LogP contribution is 1.98. The van der Waals surface area contributed by atoms with E-state index in [-0.39, 0.29) is 19.0 Å². The Balaban J connectivity index is 0.00000361. The lowest BCUT2D eigenvalue weighted by molar-refractivity contribution is -0.140. The smallest absolute Gasteiger partial charge is 0.331 e. The van der Waals surface area contributed by atoms with Gasteiger partial charge in [0.15, 0.2) is 0 Å². The molecule has 0 bridgehead atoms. The highest BCUT2D eigenvalue weighted by atomic mass is 35.5. The van der Waals surface area contributed by atoms with Crippen LogP contribution in [0.4, 0.5) is 0 Å². The van der Waals surface area contributed by atoms with Gasteiger partial charge in [0.2, 0.25) is 0 Å².